The molecule has 1 aromatic heterocycles. The molecule has 0 radical (unpaired) electrons. The van der Waals surface area contributed by atoms with E-state index >= 15 is 0 Å². The van der Waals surface area contributed by atoms with Gasteiger partial charge in [-0.2, -0.15) is 0 Å². The van der Waals surface area contributed by atoms with Crippen LogP contribution in [0.4, 0.5) is 0 Å². The second-order valence-corrected chi connectivity index (χ2v) is 6.26. The molecule has 0 saturated carbocycles. The fraction of sp³-hybridized carbons (Fsp3) is 0.188. The Hall–Kier alpha value is -2.18. The van der Waals surface area contributed by atoms with Crippen molar-refractivity contribution in [1.29, 1.82) is 0 Å². The number of benzene rings is 1. The fourth-order valence-electron chi connectivity index (χ4n) is 2.39. The molecular formula is C16H14ClN3O2S. The molecule has 2 heterocycles. The first-order chi connectivity index (χ1) is 11.1. The van der Waals surface area contributed by atoms with Crippen molar-refractivity contribution in [3.05, 3.63) is 62.7 Å². The van der Waals surface area contributed by atoms with Crippen LogP contribution in [0.5, 0.6) is 0 Å². The van der Waals surface area contributed by atoms with E-state index in [0.717, 1.165) is 10.6 Å². The van der Waals surface area contributed by atoms with Crippen LogP contribution in [0.2, 0.25) is 5.02 Å². The van der Waals surface area contributed by atoms with E-state index in [2.05, 4.69) is 15.3 Å². The molecule has 1 atom stereocenters. The molecule has 0 fully saturated rings. The lowest BCUT2D eigenvalue weighted by molar-refractivity contribution is -0.136. The van der Waals surface area contributed by atoms with Crippen molar-refractivity contribution >= 4 is 34.7 Å². The quantitative estimate of drug-likeness (QED) is 0.865. The average molecular weight is 348 g/mol. The number of hydrogen-bond donors (Lipinski definition) is 1. The molecule has 5 nitrogen and oxygen atoms in total. The van der Waals surface area contributed by atoms with E-state index in [0.29, 0.717) is 22.1 Å². The third-order valence-electron chi connectivity index (χ3n) is 3.47. The number of aromatic nitrogens is 1. The standard InChI is InChI=1S/C16H14ClN3O2S/c1-9-12(16(21)22-2)13(10-3-5-11(17)6-4-10)20-14(19-9)15-18-7-8-23-15/h3-8,13H,1-2H3,(H,19,20). The number of allylic oxidation sites excluding steroid dienone is 1. The summed E-state index contributed by atoms with van der Waals surface area (Å²) in [6.07, 6.45) is 1.72. The number of thiazole rings is 1. The highest BCUT2D eigenvalue weighted by Crippen LogP contribution is 2.32. The zero-order chi connectivity index (χ0) is 16.4. The fourth-order valence-corrected chi connectivity index (χ4v) is 3.10. The lowest BCUT2D eigenvalue weighted by atomic mass is 9.96. The molecule has 3 rings (SSSR count). The molecule has 1 unspecified atom stereocenters. The molecule has 0 saturated heterocycles. The first-order valence-electron chi connectivity index (χ1n) is 6.89. The number of methoxy groups -OCH3 is 1. The molecule has 7 heteroatoms. The Bertz CT molecular complexity index is 782. The minimum absolute atomic E-state index is 0.406. The van der Waals surface area contributed by atoms with Gasteiger partial charge in [-0.05, 0) is 24.6 Å². The monoisotopic (exact) mass is 347 g/mol. The van der Waals surface area contributed by atoms with Gasteiger partial charge in [0.15, 0.2) is 10.8 Å². The summed E-state index contributed by atoms with van der Waals surface area (Å²) < 4.78 is 4.92. The molecule has 0 aliphatic carbocycles. The van der Waals surface area contributed by atoms with Crippen molar-refractivity contribution in [1.82, 2.24) is 10.3 Å². The molecule has 0 amide bonds. The average Bonchev–Trinajstić information content (AvgIpc) is 3.08. The Morgan fingerprint density at radius 1 is 1.35 bits per heavy atom. The van der Waals surface area contributed by atoms with Gasteiger partial charge in [-0.3, -0.25) is 4.99 Å². The van der Waals surface area contributed by atoms with Gasteiger partial charge in [0.25, 0.3) is 0 Å². The number of amidine groups is 1. The predicted molar refractivity (Wildman–Crippen MR) is 90.7 cm³/mol. The van der Waals surface area contributed by atoms with Crippen molar-refractivity contribution in [2.24, 2.45) is 4.99 Å². The van der Waals surface area contributed by atoms with Crippen molar-refractivity contribution < 1.29 is 9.53 Å². The van der Waals surface area contributed by atoms with Crippen LogP contribution in [-0.4, -0.2) is 23.9 Å². The van der Waals surface area contributed by atoms with Gasteiger partial charge >= 0.3 is 5.97 Å². The van der Waals surface area contributed by atoms with E-state index < -0.39 is 12.0 Å². The van der Waals surface area contributed by atoms with Crippen molar-refractivity contribution in [2.45, 2.75) is 13.0 Å². The smallest absolute Gasteiger partial charge is 0.338 e. The summed E-state index contributed by atoms with van der Waals surface area (Å²) in [6.45, 7) is 1.83. The second-order valence-electron chi connectivity index (χ2n) is 4.92. The summed E-state index contributed by atoms with van der Waals surface area (Å²) in [5.74, 6) is 0.238. The highest BCUT2D eigenvalue weighted by Gasteiger charge is 2.30. The number of nitrogens with one attached hydrogen (secondary N) is 1. The number of halogens is 1. The van der Waals surface area contributed by atoms with Crippen LogP contribution in [0.25, 0.3) is 0 Å². The van der Waals surface area contributed by atoms with Crippen LogP contribution >= 0.6 is 22.9 Å². The van der Waals surface area contributed by atoms with E-state index in [1.165, 1.54) is 18.4 Å². The number of carbonyl (C=O) groups is 1. The van der Waals surface area contributed by atoms with E-state index in [4.69, 9.17) is 16.3 Å². The number of nitrogens with zero attached hydrogens (tertiary/aromatic N) is 2. The number of carbonyl (C=O) groups excluding carboxylic acids is 1. The van der Waals surface area contributed by atoms with Crippen molar-refractivity contribution in [3.63, 3.8) is 0 Å². The molecule has 1 N–H and O–H groups in total. The maximum Gasteiger partial charge on any atom is 0.338 e. The molecule has 1 aliphatic rings. The van der Waals surface area contributed by atoms with Crippen LogP contribution in [-0.2, 0) is 9.53 Å². The summed E-state index contributed by atoms with van der Waals surface area (Å²) in [4.78, 5) is 21.1. The zero-order valence-corrected chi connectivity index (χ0v) is 14.1. The maximum atomic E-state index is 12.2. The first kappa shape index (κ1) is 15.7. The molecular weight excluding hydrogens is 334 g/mol. The zero-order valence-electron chi connectivity index (χ0n) is 12.5. The number of ether oxygens (including phenoxy) is 1. The molecule has 118 valence electrons. The van der Waals surface area contributed by atoms with Crippen LogP contribution in [0, 0.1) is 0 Å². The van der Waals surface area contributed by atoms with Crippen LogP contribution < -0.4 is 5.32 Å². The largest absolute Gasteiger partial charge is 0.466 e. The SMILES string of the molecule is COC(=O)C1=C(C)NC(c2nccs2)=NC1c1ccc(Cl)cc1. The van der Waals surface area contributed by atoms with E-state index in [1.54, 1.807) is 18.3 Å². The van der Waals surface area contributed by atoms with Gasteiger partial charge in [0.2, 0.25) is 0 Å². The number of esters is 1. The minimum Gasteiger partial charge on any atom is -0.466 e. The Kier molecular flexibility index (Phi) is 4.45. The van der Waals surface area contributed by atoms with Gasteiger partial charge in [-0.15, -0.1) is 11.3 Å². The number of hydrogen-bond acceptors (Lipinski definition) is 6. The topological polar surface area (TPSA) is 63.6 Å². The molecule has 1 aliphatic heterocycles. The second kappa shape index (κ2) is 6.52. The predicted octanol–water partition coefficient (Wildman–Crippen LogP) is 3.33. The van der Waals surface area contributed by atoms with Gasteiger partial charge in [0.1, 0.15) is 6.04 Å². The Morgan fingerprint density at radius 2 is 2.09 bits per heavy atom. The Morgan fingerprint density at radius 3 is 2.70 bits per heavy atom. The van der Waals surface area contributed by atoms with Crippen LogP contribution in [0.1, 0.15) is 23.5 Å². The van der Waals surface area contributed by atoms with E-state index in [9.17, 15) is 4.79 Å². The summed E-state index contributed by atoms with van der Waals surface area (Å²) in [6, 6.07) is 6.82. The number of aliphatic imine (C=N–C) groups is 1. The first-order valence-corrected chi connectivity index (χ1v) is 8.15. The summed E-state index contributed by atoms with van der Waals surface area (Å²) in [5, 5.41) is 6.43. The minimum atomic E-state index is -0.458. The molecule has 0 bridgehead atoms. The number of rotatable bonds is 3. The summed E-state index contributed by atoms with van der Waals surface area (Å²) in [7, 11) is 1.36. The van der Waals surface area contributed by atoms with Gasteiger partial charge in [-0.25, -0.2) is 9.78 Å². The Balaban J connectivity index is 2.08. The summed E-state index contributed by atoms with van der Waals surface area (Å²) in [5.41, 5.74) is 2.05. The highest BCUT2D eigenvalue weighted by molar-refractivity contribution is 7.11. The van der Waals surface area contributed by atoms with Gasteiger partial charge in [0.05, 0.1) is 12.7 Å². The maximum absolute atomic E-state index is 12.2. The lowest BCUT2D eigenvalue weighted by Gasteiger charge is -2.25. The van der Waals surface area contributed by atoms with Crippen molar-refractivity contribution in [3.8, 4) is 0 Å². The third-order valence-corrected chi connectivity index (χ3v) is 4.50. The van der Waals surface area contributed by atoms with Crippen LogP contribution in [0.3, 0.4) is 0 Å². The molecule has 2 aromatic rings. The third kappa shape index (κ3) is 3.13. The van der Waals surface area contributed by atoms with Gasteiger partial charge in [-0.1, -0.05) is 23.7 Å². The van der Waals surface area contributed by atoms with E-state index in [1.807, 2.05) is 24.4 Å². The van der Waals surface area contributed by atoms with Gasteiger partial charge < -0.3 is 10.1 Å². The molecule has 0 spiro atoms. The van der Waals surface area contributed by atoms with E-state index in [-0.39, 0.29) is 0 Å². The van der Waals surface area contributed by atoms with Gasteiger partial charge in [0, 0.05) is 22.3 Å². The van der Waals surface area contributed by atoms with Crippen LogP contribution in [0.15, 0.2) is 52.1 Å². The summed E-state index contributed by atoms with van der Waals surface area (Å²) >= 11 is 7.44. The normalized spacial score (nSPS) is 17.5. The molecule has 23 heavy (non-hydrogen) atoms. The highest BCUT2D eigenvalue weighted by atomic mass is 35.5. The van der Waals surface area contributed by atoms with Crippen molar-refractivity contribution in [2.75, 3.05) is 7.11 Å². The molecule has 1 aromatic carbocycles. The lowest BCUT2D eigenvalue weighted by Crippen LogP contribution is -2.32. The Labute approximate surface area is 142 Å².